The van der Waals surface area contributed by atoms with Crippen LogP contribution >= 0.6 is 0 Å². The van der Waals surface area contributed by atoms with Gasteiger partial charge in [0.15, 0.2) is 6.26 Å². The molecule has 2 rings (SSSR count). The Labute approximate surface area is 78.0 Å². The third-order valence-electron chi connectivity index (χ3n) is 2.22. The summed E-state index contributed by atoms with van der Waals surface area (Å²) in [5, 5.41) is 0. The number of rotatable bonds is 1. The zero-order chi connectivity index (χ0) is 9.26. The predicted molar refractivity (Wildman–Crippen MR) is 52.5 cm³/mol. The van der Waals surface area contributed by atoms with Crippen molar-refractivity contribution >= 4 is 0 Å². The van der Waals surface area contributed by atoms with Crippen molar-refractivity contribution in [2.24, 2.45) is 0 Å². The van der Waals surface area contributed by atoms with Crippen LogP contribution in [-0.2, 0) is 0 Å². The maximum Gasteiger partial charge on any atom is 0.177 e. The van der Waals surface area contributed by atoms with Crippen molar-refractivity contribution in [2.75, 3.05) is 0 Å². The zero-order valence-electron chi connectivity index (χ0n) is 7.79. The monoisotopic (exact) mass is 171 g/mol. The van der Waals surface area contributed by atoms with Crippen LogP contribution in [0.1, 0.15) is 11.1 Å². The first-order valence-electron chi connectivity index (χ1n) is 4.31. The van der Waals surface area contributed by atoms with Crippen LogP contribution in [0.25, 0.3) is 11.1 Å². The van der Waals surface area contributed by atoms with E-state index in [1.54, 1.807) is 6.26 Å². The Morgan fingerprint density at radius 3 is 2.31 bits per heavy atom. The summed E-state index contributed by atoms with van der Waals surface area (Å²) >= 11 is 0. The summed E-state index contributed by atoms with van der Waals surface area (Å²) in [6.07, 6.45) is 4.51. The lowest BCUT2D eigenvalue weighted by Gasteiger charge is -2.05. The molecule has 0 spiro atoms. The minimum atomic E-state index is 1.04. The van der Waals surface area contributed by atoms with E-state index in [-0.39, 0.29) is 0 Å². The molecule has 0 bridgehead atoms. The van der Waals surface area contributed by atoms with Gasteiger partial charge in [-0.2, -0.15) is 0 Å². The summed E-state index contributed by atoms with van der Waals surface area (Å²) in [4.78, 5) is 0. The van der Waals surface area contributed by atoms with Crippen LogP contribution in [0.2, 0.25) is 0 Å². The second-order valence-corrected chi connectivity index (χ2v) is 3.20. The van der Waals surface area contributed by atoms with Gasteiger partial charge in [0, 0.05) is 5.56 Å². The highest BCUT2D eigenvalue weighted by atomic mass is 16.3. The fourth-order valence-corrected chi connectivity index (χ4v) is 1.61. The van der Waals surface area contributed by atoms with E-state index in [1.165, 1.54) is 16.7 Å². The summed E-state index contributed by atoms with van der Waals surface area (Å²) in [5.41, 5.74) is 4.79. The SMILES string of the molecule is Cc1cccc(C)c1-c1[c]occ1. The van der Waals surface area contributed by atoms with Crippen molar-refractivity contribution in [3.8, 4) is 11.1 Å². The molecule has 13 heavy (non-hydrogen) atoms. The first-order chi connectivity index (χ1) is 6.29. The smallest absolute Gasteiger partial charge is 0.177 e. The fourth-order valence-electron chi connectivity index (χ4n) is 1.61. The number of hydrogen-bond donors (Lipinski definition) is 0. The van der Waals surface area contributed by atoms with Gasteiger partial charge in [-0.25, -0.2) is 0 Å². The van der Waals surface area contributed by atoms with Crippen LogP contribution in [0.5, 0.6) is 0 Å². The van der Waals surface area contributed by atoms with Gasteiger partial charge in [-0.1, -0.05) is 18.2 Å². The van der Waals surface area contributed by atoms with Crippen molar-refractivity contribution in [1.82, 2.24) is 0 Å². The largest absolute Gasteiger partial charge is 0.460 e. The molecule has 2 aromatic rings. The number of benzene rings is 1. The Kier molecular flexibility index (Phi) is 1.93. The standard InChI is InChI=1S/C12H11O/c1-9-4-3-5-10(2)12(9)11-6-7-13-8-11/h3-7H,1-2H3. The molecule has 0 N–H and O–H groups in total. The van der Waals surface area contributed by atoms with Gasteiger partial charge in [0.05, 0.1) is 6.26 Å². The Morgan fingerprint density at radius 1 is 1.08 bits per heavy atom. The van der Waals surface area contributed by atoms with Crippen molar-refractivity contribution in [1.29, 1.82) is 0 Å². The number of hydrogen-bond acceptors (Lipinski definition) is 1. The molecule has 0 fully saturated rings. The number of aryl methyl sites for hydroxylation is 2. The van der Waals surface area contributed by atoms with Crippen LogP contribution < -0.4 is 0 Å². The molecule has 0 atom stereocenters. The van der Waals surface area contributed by atoms with E-state index in [1.807, 2.05) is 6.07 Å². The third-order valence-corrected chi connectivity index (χ3v) is 2.22. The maximum atomic E-state index is 4.95. The molecule has 1 aromatic heterocycles. The molecular formula is C12H11O. The average Bonchev–Trinajstić information content (AvgIpc) is 2.57. The molecule has 1 nitrogen and oxygen atoms in total. The van der Waals surface area contributed by atoms with E-state index in [2.05, 4.69) is 38.3 Å². The van der Waals surface area contributed by atoms with Crippen LogP contribution in [0.3, 0.4) is 0 Å². The van der Waals surface area contributed by atoms with Crippen LogP contribution in [-0.4, -0.2) is 0 Å². The minimum Gasteiger partial charge on any atom is -0.460 e. The Bertz CT molecular complexity index is 379. The Hall–Kier alpha value is -1.50. The second-order valence-electron chi connectivity index (χ2n) is 3.20. The summed E-state index contributed by atoms with van der Waals surface area (Å²) in [7, 11) is 0. The first kappa shape index (κ1) is 8.11. The minimum absolute atomic E-state index is 1.04. The molecule has 0 aliphatic carbocycles. The van der Waals surface area contributed by atoms with Crippen LogP contribution in [0, 0.1) is 20.1 Å². The van der Waals surface area contributed by atoms with E-state index in [0.717, 1.165) is 5.56 Å². The third kappa shape index (κ3) is 1.37. The van der Waals surface area contributed by atoms with Crippen LogP contribution in [0.4, 0.5) is 0 Å². The summed E-state index contributed by atoms with van der Waals surface area (Å²) in [5.74, 6) is 0. The lowest BCUT2D eigenvalue weighted by atomic mass is 9.98. The summed E-state index contributed by atoms with van der Waals surface area (Å²) in [6, 6.07) is 8.20. The van der Waals surface area contributed by atoms with Crippen molar-refractivity contribution in [3.05, 3.63) is 47.9 Å². The van der Waals surface area contributed by atoms with Gasteiger partial charge in [0.1, 0.15) is 0 Å². The molecule has 65 valence electrons. The van der Waals surface area contributed by atoms with Gasteiger partial charge in [0.2, 0.25) is 0 Å². The average molecular weight is 171 g/mol. The van der Waals surface area contributed by atoms with E-state index in [9.17, 15) is 0 Å². The lowest BCUT2D eigenvalue weighted by Crippen LogP contribution is -1.85. The van der Waals surface area contributed by atoms with Crippen molar-refractivity contribution < 1.29 is 4.42 Å². The van der Waals surface area contributed by atoms with Gasteiger partial charge in [-0.15, -0.1) is 0 Å². The lowest BCUT2D eigenvalue weighted by molar-refractivity contribution is 0.559. The van der Waals surface area contributed by atoms with Gasteiger partial charge < -0.3 is 4.42 Å². The molecule has 0 aliphatic rings. The Morgan fingerprint density at radius 2 is 1.77 bits per heavy atom. The van der Waals surface area contributed by atoms with Crippen molar-refractivity contribution in [2.45, 2.75) is 13.8 Å². The highest BCUT2D eigenvalue weighted by Crippen LogP contribution is 2.26. The number of furan rings is 1. The van der Waals surface area contributed by atoms with Crippen molar-refractivity contribution in [3.63, 3.8) is 0 Å². The predicted octanol–water partition coefficient (Wildman–Crippen LogP) is 3.36. The maximum absolute atomic E-state index is 4.95. The molecule has 1 aromatic carbocycles. The van der Waals surface area contributed by atoms with Gasteiger partial charge in [0.25, 0.3) is 0 Å². The molecule has 0 saturated heterocycles. The van der Waals surface area contributed by atoms with E-state index in [4.69, 9.17) is 4.42 Å². The highest BCUT2D eigenvalue weighted by molar-refractivity contribution is 5.69. The van der Waals surface area contributed by atoms with Gasteiger partial charge in [-0.05, 0) is 36.6 Å². The second kappa shape index (κ2) is 3.09. The molecule has 1 heterocycles. The van der Waals surface area contributed by atoms with Gasteiger partial charge >= 0.3 is 0 Å². The normalized spacial score (nSPS) is 10.3. The highest BCUT2D eigenvalue weighted by Gasteiger charge is 2.05. The molecule has 0 unspecified atom stereocenters. The summed E-state index contributed by atoms with van der Waals surface area (Å²) < 4.78 is 4.95. The first-order valence-corrected chi connectivity index (χ1v) is 4.31. The van der Waals surface area contributed by atoms with Crippen LogP contribution in [0.15, 0.2) is 34.9 Å². The topological polar surface area (TPSA) is 13.1 Å². The molecule has 0 saturated carbocycles. The zero-order valence-corrected chi connectivity index (χ0v) is 7.79. The molecular weight excluding hydrogens is 160 g/mol. The van der Waals surface area contributed by atoms with E-state index >= 15 is 0 Å². The van der Waals surface area contributed by atoms with E-state index < -0.39 is 0 Å². The molecule has 1 heteroatoms. The quantitative estimate of drug-likeness (QED) is 0.641. The Balaban J connectivity index is 2.64. The fraction of sp³-hybridized carbons (Fsp3) is 0.167. The van der Waals surface area contributed by atoms with Gasteiger partial charge in [-0.3, -0.25) is 0 Å². The summed E-state index contributed by atoms with van der Waals surface area (Å²) in [6.45, 7) is 4.20. The molecule has 0 amide bonds. The van der Waals surface area contributed by atoms with E-state index in [0.29, 0.717) is 0 Å². The molecule has 1 radical (unpaired) electrons. The molecule has 0 aliphatic heterocycles.